The first-order valence-corrected chi connectivity index (χ1v) is 4.35. The number of carbonyl (C=O) groups is 2. The molecule has 0 heterocycles. The average molecular weight is 248 g/mol. The summed E-state index contributed by atoms with van der Waals surface area (Å²) < 4.78 is 4.47. The van der Waals surface area contributed by atoms with Crippen molar-refractivity contribution in [1.82, 2.24) is 0 Å². The summed E-state index contributed by atoms with van der Waals surface area (Å²) in [5, 5.41) is 27.4. The third-order valence-corrected chi connectivity index (χ3v) is 1.70. The molecular weight excluding hydrogens is 239 g/mol. The maximum Gasteiger partial charge on any atom is 1.00 e. The monoisotopic (exact) mass is 248 g/mol. The summed E-state index contributed by atoms with van der Waals surface area (Å²) in [5.74, 6) is -2.24. The number of carboxylic acid groups (broad SMARTS) is 1. The summed E-state index contributed by atoms with van der Waals surface area (Å²) in [6.45, 7) is -0.575. The fourth-order valence-electron chi connectivity index (χ4n) is 1.01. The van der Waals surface area contributed by atoms with E-state index in [2.05, 4.69) is 4.74 Å². The van der Waals surface area contributed by atoms with Gasteiger partial charge in [0.15, 0.2) is 6.29 Å². The van der Waals surface area contributed by atoms with Crippen LogP contribution >= 0.6 is 0 Å². The summed E-state index contributed by atoms with van der Waals surface area (Å²) in [6.07, 6.45) is -1.76. The predicted octanol–water partition coefficient (Wildman–Crippen LogP) is -4.48. The van der Waals surface area contributed by atoms with Gasteiger partial charge in [-0.2, -0.15) is 0 Å². The predicted molar refractivity (Wildman–Crippen MR) is 49.3 cm³/mol. The molecule has 0 saturated carbocycles. The Labute approximate surface area is 119 Å². The van der Waals surface area contributed by atoms with Crippen LogP contribution in [-0.2, 0) is 4.74 Å². The van der Waals surface area contributed by atoms with Gasteiger partial charge in [0.2, 0.25) is 0 Å². The van der Waals surface area contributed by atoms with Gasteiger partial charge in [0.05, 0.1) is 11.5 Å². The van der Waals surface area contributed by atoms with Crippen LogP contribution in [0.25, 0.3) is 0 Å². The van der Waals surface area contributed by atoms with Crippen molar-refractivity contribution in [1.29, 1.82) is 0 Å². The van der Waals surface area contributed by atoms with Crippen molar-refractivity contribution in [3.63, 3.8) is 0 Å². The molecule has 0 bridgehead atoms. The van der Waals surface area contributed by atoms with Gasteiger partial charge in [-0.3, -0.25) is 0 Å². The minimum absolute atomic E-state index is 0. The van der Waals surface area contributed by atoms with Crippen molar-refractivity contribution >= 4 is 11.9 Å². The number of ether oxygens (including phenoxy) is 1. The molecule has 86 valence electrons. The van der Waals surface area contributed by atoms with Crippen molar-refractivity contribution in [3.05, 3.63) is 35.4 Å². The van der Waals surface area contributed by atoms with Crippen LogP contribution in [-0.4, -0.2) is 35.0 Å². The Morgan fingerprint density at radius 3 is 2.41 bits per heavy atom. The molecule has 0 saturated heterocycles. The molecule has 7 heteroatoms. The maximum atomic E-state index is 11.3. The number of esters is 1. The van der Waals surface area contributed by atoms with E-state index < -0.39 is 24.8 Å². The van der Waals surface area contributed by atoms with Crippen molar-refractivity contribution < 1.29 is 59.2 Å². The molecule has 0 spiro atoms. The first-order chi connectivity index (χ1) is 7.50. The Hall–Kier alpha value is -0.920. The zero-order chi connectivity index (χ0) is 12.1. The summed E-state index contributed by atoms with van der Waals surface area (Å²) >= 11 is 0. The summed E-state index contributed by atoms with van der Waals surface area (Å²) in [5.41, 5.74) is -0.152. The largest absolute Gasteiger partial charge is 1.00 e. The Morgan fingerprint density at radius 2 is 1.88 bits per heavy atom. The van der Waals surface area contributed by atoms with Crippen molar-refractivity contribution in [2.45, 2.75) is 6.29 Å². The minimum atomic E-state index is -1.76. The van der Waals surface area contributed by atoms with Crippen LogP contribution in [0.15, 0.2) is 24.3 Å². The van der Waals surface area contributed by atoms with E-state index in [1.807, 2.05) is 0 Å². The number of benzene rings is 1. The summed E-state index contributed by atoms with van der Waals surface area (Å²) in [6, 6.07) is 5.06. The zero-order valence-electron chi connectivity index (χ0n) is 9.12. The van der Waals surface area contributed by atoms with Crippen molar-refractivity contribution in [3.8, 4) is 0 Å². The summed E-state index contributed by atoms with van der Waals surface area (Å²) in [7, 11) is 0. The maximum absolute atomic E-state index is 11.3. The van der Waals surface area contributed by atoms with Crippen LogP contribution in [0.4, 0.5) is 0 Å². The zero-order valence-corrected chi connectivity index (χ0v) is 11.1. The first-order valence-electron chi connectivity index (χ1n) is 4.35. The third-order valence-electron chi connectivity index (χ3n) is 1.70. The number of aliphatic hydroxyl groups is 2. The van der Waals surface area contributed by atoms with Gasteiger partial charge >= 0.3 is 35.5 Å². The van der Waals surface area contributed by atoms with E-state index in [0.29, 0.717) is 0 Å². The SMILES string of the molecule is O=C([O-])c1cccc(C(=O)OCC(O)O)c1.[Na+]. The van der Waals surface area contributed by atoms with E-state index in [4.69, 9.17) is 10.2 Å². The number of carboxylic acids is 1. The molecule has 6 nitrogen and oxygen atoms in total. The number of aromatic carboxylic acids is 1. The number of carbonyl (C=O) groups excluding carboxylic acids is 2. The molecule has 0 atom stereocenters. The molecule has 0 aliphatic heterocycles. The molecule has 0 aliphatic carbocycles. The summed E-state index contributed by atoms with van der Waals surface area (Å²) in [4.78, 5) is 21.8. The molecule has 0 unspecified atom stereocenters. The Morgan fingerprint density at radius 1 is 1.29 bits per heavy atom. The minimum Gasteiger partial charge on any atom is -0.545 e. The van der Waals surface area contributed by atoms with Gasteiger partial charge in [-0.25, -0.2) is 4.79 Å². The molecule has 0 amide bonds. The van der Waals surface area contributed by atoms with E-state index in [1.54, 1.807) is 0 Å². The average Bonchev–Trinajstić information content (AvgIpc) is 2.26. The molecular formula is C10H9NaO6. The van der Waals surface area contributed by atoms with E-state index in [-0.39, 0.29) is 40.7 Å². The van der Waals surface area contributed by atoms with Crippen LogP contribution in [0.2, 0.25) is 0 Å². The van der Waals surface area contributed by atoms with Crippen LogP contribution in [0, 0.1) is 0 Å². The van der Waals surface area contributed by atoms with E-state index in [1.165, 1.54) is 18.2 Å². The number of aliphatic hydroxyl groups excluding tert-OH is 1. The van der Waals surface area contributed by atoms with Gasteiger partial charge in [-0.15, -0.1) is 0 Å². The second kappa shape index (κ2) is 7.41. The van der Waals surface area contributed by atoms with Gasteiger partial charge in [0.1, 0.15) is 6.61 Å². The van der Waals surface area contributed by atoms with Crippen LogP contribution in [0.5, 0.6) is 0 Å². The van der Waals surface area contributed by atoms with Crippen LogP contribution < -0.4 is 34.7 Å². The number of hydrogen-bond donors (Lipinski definition) is 2. The molecule has 0 aliphatic rings. The molecule has 0 radical (unpaired) electrons. The van der Waals surface area contributed by atoms with Crippen LogP contribution in [0.3, 0.4) is 0 Å². The van der Waals surface area contributed by atoms with Gasteiger partial charge in [-0.1, -0.05) is 12.1 Å². The first kappa shape index (κ1) is 16.1. The molecule has 1 aromatic rings. The second-order valence-corrected chi connectivity index (χ2v) is 2.95. The topological polar surface area (TPSA) is 107 Å². The van der Waals surface area contributed by atoms with Gasteiger partial charge < -0.3 is 24.9 Å². The van der Waals surface area contributed by atoms with Gasteiger partial charge in [0.25, 0.3) is 0 Å². The van der Waals surface area contributed by atoms with E-state index in [0.717, 1.165) is 6.07 Å². The number of hydrogen-bond acceptors (Lipinski definition) is 6. The standard InChI is InChI=1S/C10H10O6.Na/c11-8(12)5-16-10(15)7-3-1-2-6(4-7)9(13)14;/h1-4,8,11-12H,5H2,(H,13,14);/q;+1/p-1. The molecule has 0 aromatic heterocycles. The fourth-order valence-corrected chi connectivity index (χ4v) is 1.01. The molecule has 0 fully saturated rings. The smallest absolute Gasteiger partial charge is 0.545 e. The Bertz CT molecular complexity index is 404. The second-order valence-electron chi connectivity index (χ2n) is 2.95. The quantitative estimate of drug-likeness (QED) is 0.316. The molecule has 1 rings (SSSR count). The van der Waals surface area contributed by atoms with Crippen molar-refractivity contribution in [2.24, 2.45) is 0 Å². The Kier molecular flexibility index (Phi) is 7.01. The Balaban J connectivity index is 0.00000256. The van der Waals surface area contributed by atoms with Gasteiger partial charge in [-0.05, 0) is 17.7 Å². The third kappa shape index (κ3) is 5.29. The molecule has 2 N–H and O–H groups in total. The molecule has 1 aromatic carbocycles. The molecule has 17 heavy (non-hydrogen) atoms. The fraction of sp³-hybridized carbons (Fsp3) is 0.200. The van der Waals surface area contributed by atoms with E-state index >= 15 is 0 Å². The van der Waals surface area contributed by atoms with E-state index in [9.17, 15) is 14.7 Å². The normalized spacial score (nSPS) is 9.59. The van der Waals surface area contributed by atoms with Crippen molar-refractivity contribution in [2.75, 3.05) is 6.61 Å². The van der Waals surface area contributed by atoms with Crippen LogP contribution in [0.1, 0.15) is 20.7 Å². The van der Waals surface area contributed by atoms with Gasteiger partial charge in [0, 0.05) is 0 Å². The number of rotatable bonds is 4.